The lowest BCUT2D eigenvalue weighted by molar-refractivity contribution is 0.425. The van der Waals surface area contributed by atoms with E-state index in [0.717, 1.165) is 28.7 Å². The largest absolute Gasteiger partial charge is 0.488 e. The van der Waals surface area contributed by atoms with Crippen LogP contribution in [0.4, 0.5) is 10.3 Å². The maximum atomic E-state index is 8.55. The summed E-state index contributed by atoms with van der Waals surface area (Å²) in [5, 5.41) is 22.4. The zero-order chi connectivity index (χ0) is 29.7. The number of anilines is 2. The highest BCUT2D eigenvalue weighted by atomic mass is 79.9. The van der Waals surface area contributed by atoms with Gasteiger partial charge in [0.1, 0.15) is 0 Å². The fraction of sp³-hybridized carbons (Fsp3) is 0.0667. The van der Waals surface area contributed by atoms with Gasteiger partial charge >= 0.3 is 7.12 Å². The van der Waals surface area contributed by atoms with Gasteiger partial charge in [-0.25, -0.2) is 9.97 Å². The van der Waals surface area contributed by atoms with E-state index in [9.17, 15) is 0 Å². The van der Waals surface area contributed by atoms with Crippen molar-refractivity contribution in [3.63, 3.8) is 0 Å². The maximum Gasteiger partial charge on any atom is 0.488 e. The van der Waals surface area contributed by atoms with Crippen LogP contribution in [0.1, 0.15) is 22.5 Å². The molecule has 0 fully saturated rings. The average molecular weight is 659 g/mol. The molecule has 0 radical (unpaired) electrons. The van der Waals surface area contributed by atoms with E-state index in [-0.39, 0.29) is 0 Å². The van der Waals surface area contributed by atoms with Crippen molar-refractivity contribution in [2.24, 2.45) is 0 Å². The van der Waals surface area contributed by atoms with Crippen LogP contribution >= 0.6 is 38.6 Å². The molecule has 6 aromatic rings. The topological polar surface area (TPSA) is 144 Å². The molecule has 12 heteroatoms. The van der Waals surface area contributed by atoms with Crippen molar-refractivity contribution >= 4 is 61.4 Å². The normalized spacial score (nSPS) is 10.2. The molecule has 8 nitrogen and oxygen atoms in total. The van der Waals surface area contributed by atoms with Crippen molar-refractivity contribution in [3.05, 3.63) is 135 Å². The zero-order valence-corrected chi connectivity index (χ0v) is 25.6. The molecule has 0 saturated heterocycles. The Morgan fingerprint density at radius 2 is 1.05 bits per heavy atom. The lowest BCUT2D eigenvalue weighted by Crippen LogP contribution is -2.29. The summed E-state index contributed by atoms with van der Waals surface area (Å²) in [5.41, 5.74) is 18.6. The van der Waals surface area contributed by atoms with Crippen molar-refractivity contribution < 1.29 is 10.0 Å². The van der Waals surface area contributed by atoms with Crippen LogP contribution in [0.15, 0.2) is 113 Å². The van der Waals surface area contributed by atoms with Gasteiger partial charge in [-0.1, -0.05) is 52.3 Å². The van der Waals surface area contributed by atoms with Crippen LogP contribution in [-0.4, -0.2) is 37.1 Å². The highest BCUT2D eigenvalue weighted by molar-refractivity contribution is 9.10. The molecule has 0 spiro atoms. The van der Waals surface area contributed by atoms with Gasteiger partial charge < -0.3 is 21.5 Å². The Kier molecular flexibility index (Phi) is 11.7. The third-order valence-electron chi connectivity index (χ3n) is 5.79. The molecule has 0 bridgehead atoms. The summed E-state index contributed by atoms with van der Waals surface area (Å²) in [6.45, 7) is 0. The first-order valence-corrected chi connectivity index (χ1v) is 15.3. The highest BCUT2D eigenvalue weighted by Gasteiger charge is 2.08. The van der Waals surface area contributed by atoms with Gasteiger partial charge in [-0.05, 0) is 64.1 Å². The van der Waals surface area contributed by atoms with Crippen LogP contribution in [0.2, 0.25) is 0 Å². The molecular formula is C30H28BBrN6O2S2. The standard InChI is InChI=1S/C15H13N3S.C10H9BrN2S.C5H6BNO2/c16-15-18-14(10-19-15)9-11-1-3-12(4-2-11)13-5-7-17-8-6-13;11-8-3-1-7(2-4-8)5-9-6-14-10(12)13-9;8-6(9)5-1-3-7-4-2-5/h1-8,10H,9H2,(H2,16,18);1-4,6H,5H2,(H2,12,13);1-4,8-9H. The Balaban J connectivity index is 0.000000155. The second-order valence-electron chi connectivity index (χ2n) is 8.92. The van der Waals surface area contributed by atoms with E-state index in [1.807, 2.05) is 35.0 Å². The first kappa shape index (κ1) is 31.0. The van der Waals surface area contributed by atoms with Crippen LogP contribution < -0.4 is 16.9 Å². The second-order valence-corrected chi connectivity index (χ2v) is 11.6. The second kappa shape index (κ2) is 15.9. The predicted octanol–water partition coefficient (Wildman–Crippen LogP) is 5.22. The Labute approximate surface area is 261 Å². The molecule has 4 aromatic heterocycles. The number of nitrogens with zero attached hydrogens (tertiary/aromatic N) is 4. The van der Waals surface area contributed by atoms with Crippen LogP contribution in [0.25, 0.3) is 11.1 Å². The molecule has 0 unspecified atom stereocenters. The van der Waals surface area contributed by atoms with Crippen LogP contribution in [0, 0.1) is 0 Å². The number of rotatable bonds is 6. The summed E-state index contributed by atoms with van der Waals surface area (Å²) in [6, 6.07) is 23.9. The third kappa shape index (κ3) is 10.2. The quantitative estimate of drug-likeness (QED) is 0.178. The first-order valence-electron chi connectivity index (χ1n) is 12.8. The van der Waals surface area contributed by atoms with Gasteiger partial charge in [0, 0.05) is 52.9 Å². The summed E-state index contributed by atoms with van der Waals surface area (Å²) in [5.74, 6) is 0. The summed E-state index contributed by atoms with van der Waals surface area (Å²) in [7, 11) is -1.38. The van der Waals surface area contributed by atoms with Gasteiger partial charge in [0.15, 0.2) is 10.3 Å². The van der Waals surface area contributed by atoms with Crippen molar-refractivity contribution in [2.75, 3.05) is 11.5 Å². The molecule has 0 aliphatic heterocycles. The Morgan fingerprint density at radius 1 is 0.619 bits per heavy atom. The van der Waals surface area contributed by atoms with Crippen LogP contribution in [0.3, 0.4) is 0 Å². The zero-order valence-electron chi connectivity index (χ0n) is 22.4. The molecule has 2 aromatic carbocycles. The fourth-order valence-corrected chi connectivity index (χ4v) is 5.11. The number of pyridine rings is 2. The van der Waals surface area contributed by atoms with Crippen LogP contribution in [-0.2, 0) is 12.8 Å². The van der Waals surface area contributed by atoms with Gasteiger partial charge in [-0.2, -0.15) is 0 Å². The minimum Gasteiger partial charge on any atom is -0.423 e. The molecule has 42 heavy (non-hydrogen) atoms. The molecule has 0 amide bonds. The molecule has 6 N–H and O–H groups in total. The number of nitrogen functional groups attached to an aromatic ring is 2. The highest BCUT2D eigenvalue weighted by Crippen LogP contribution is 2.21. The summed E-state index contributed by atoms with van der Waals surface area (Å²) < 4.78 is 1.10. The first-order chi connectivity index (χ1) is 20.4. The van der Waals surface area contributed by atoms with E-state index in [2.05, 4.69) is 72.3 Å². The summed E-state index contributed by atoms with van der Waals surface area (Å²) in [4.78, 5) is 16.2. The summed E-state index contributed by atoms with van der Waals surface area (Å²) >= 11 is 6.37. The van der Waals surface area contributed by atoms with E-state index < -0.39 is 7.12 Å². The number of aromatic nitrogens is 4. The van der Waals surface area contributed by atoms with Crippen molar-refractivity contribution in [2.45, 2.75) is 12.8 Å². The Bertz CT molecular complexity index is 1630. The number of benzene rings is 2. The molecule has 4 heterocycles. The maximum absolute atomic E-state index is 8.55. The lowest BCUT2D eigenvalue weighted by Gasteiger charge is -2.03. The summed E-state index contributed by atoms with van der Waals surface area (Å²) in [6.07, 6.45) is 8.30. The molecule has 6 rings (SSSR count). The van der Waals surface area contributed by atoms with Crippen molar-refractivity contribution in [1.82, 2.24) is 19.9 Å². The number of thiazole rings is 2. The Hall–Kier alpha value is -3.94. The van der Waals surface area contributed by atoms with Gasteiger partial charge in [0.25, 0.3) is 0 Å². The fourth-order valence-electron chi connectivity index (χ4n) is 3.72. The average Bonchev–Trinajstić information content (AvgIpc) is 3.63. The van der Waals surface area contributed by atoms with E-state index in [4.69, 9.17) is 21.5 Å². The molecule has 0 atom stereocenters. The van der Waals surface area contributed by atoms with Crippen molar-refractivity contribution in [1.29, 1.82) is 0 Å². The minimum atomic E-state index is -1.38. The van der Waals surface area contributed by atoms with E-state index in [0.29, 0.717) is 15.7 Å². The predicted molar refractivity (Wildman–Crippen MR) is 177 cm³/mol. The number of hydrogen-bond donors (Lipinski definition) is 4. The molecule has 0 saturated carbocycles. The SMILES string of the molecule is Nc1nc(Cc2ccc(-c3ccncc3)cc2)cs1.Nc1nc(Cc2ccc(Br)cc2)cs1.OB(O)c1ccncc1. The number of hydrogen-bond acceptors (Lipinski definition) is 10. The smallest absolute Gasteiger partial charge is 0.423 e. The molecular weight excluding hydrogens is 631 g/mol. The molecule has 0 aliphatic carbocycles. The lowest BCUT2D eigenvalue weighted by atomic mass is 9.81. The number of nitrogens with two attached hydrogens (primary N) is 2. The molecule has 0 aliphatic rings. The van der Waals surface area contributed by atoms with Crippen LogP contribution in [0.5, 0.6) is 0 Å². The van der Waals surface area contributed by atoms with Crippen molar-refractivity contribution in [3.8, 4) is 11.1 Å². The number of halogens is 1. The third-order valence-corrected chi connectivity index (χ3v) is 7.77. The van der Waals surface area contributed by atoms with E-state index >= 15 is 0 Å². The van der Waals surface area contributed by atoms with Gasteiger partial charge in [-0.3, -0.25) is 9.97 Å². The van der Waals surface area contributed by atoms with E-state index in [1.54, 1.807) is 24.5 Å². The Morgan fingerprint density at radius 3 is 1.45 bits per heavy atom. The van der Waals surface area contributed by atoms with Gasteiger partial charge in [0.05, 0.1) is 11.4 Å². The van der Waals surface area contributed by atoms with Gasteiger partial charge in [-0.15, -0.1) is 22.7 Å². The van der Waals surface area contributed by atoms with Gasteiger partial charge in [0.2, 0.25) is 0 Å². The monoisotopic (exact) mass is 658 g/mol. The minimum absolute atomic E-state index is 0.463. The van der Waals surface area contributed by atoms with E-state index in [1.165, 1.54) is 57.3 Å². The molecule has 212 valence electrons.